The molecule has 0 amide bonds. The minimum Gasteiger partial charge on any atom is -0.301 e. The van der Waals surface area contributed by atoms with Crippen molar-refractivity contribution in [2.24, 2.45) is 0 Å². The molecule has 1 saturated carbocycles. The summed E-state index contributed by atoms with van der Waals surface area (Å²) in [5, 5.41) is 0. The van der Waals surface area contributed by atoms with Gasteiger partial charge in [-0.15, -0.1) is 0 Å². The lowest BCUT2D eigenvalue weighted by Gasteiger charge is -2.32. The van der Waals surface area contributed by atoms with Gasteiger partial charge in [0.15, 0.2) is 0 Å². The van der Waals surface area contributed by atoms with Gasteiger partial charge >= 0.3 is 0 Å². The number of hydrogen-bond acceptors (Lipinski definition) is 1. The van der Waals surface area contributed by atoms with Crippen LogP contribution < -0.4 is 0 Å². The third-order valence-corrected chi connectivity index (χ3v) is 2.90. The summed E-state index contributed by atoms with van der Waals surface area (Å²) < 4.78 is 0. The van der Waals surface area contributed by atoms with Crippen molar-refractivity contribution >= 4 is 0 Å². The van der Waals surface area contributed by atoms with Crippen LogP contribution in [0.3, 0.4) is 0 Å². The van der Waals surface area contributed by atoms with E-state index in [1.54, 1.807) is 0 Å². The fraction of sp³-hybridized carbons (Fsp3) is 1.00. The van der Waals surface area contributed by atoms with E-state index in [1.807, 2.05) is 0 Å². The molecule has 12 heavy (non-hydrogen) atoms. The first kappa shape index (κ1) is 12.0. The average Bonchev–Trinajstić information content (AvgIpc) is 2.09. The summed E-state index contributed by atoms with van der Waals surface area (Å²) in [6.45, 7) is 7.03. The standard InChI is InChI=1S/C10H21N.CH4/c1-3-11(4-2)10-8-6-5-7-9-10;/h10H,3-9H2,1-2H3;1H4. The van der Waals surface area contributed by atoms with Gasteiger partial charge in [-0.3, -0.25) is 0 Å². The fourth-order valence-corrected chi connectivity index (χ4v) is 2.19. The second-order valence-corrected chi connectivity index (χ2v) is 3.51. The number of rotatable bonds is 3. The Labute approximate surface area is 78.1 Å². The van der Waals surface area contributed by atoms with Crippen molar-refractivity contribution in [3.05, 3.63) is 0 Å². The fourth-order valence-electron chi connectivity index (χ4n) is 2.19. The lowest BCUT2D eigenvalue weighted by Crippen LogP contribution is -2.36. The average molecular weight is 171 g/mol. The van der Waals surface area contributed by atoms with E-state index >= 15 is 0 Å². The van der Waals surface area contributed by atoms with E-state index < -0.39 is 0 Å². The van der Waals surface area contributed by atoms with Crippen molar-refractivity contribution < 1.29 is 0 Å². The van der Waals surface area contributed by atoms with Crippen LogP contribution in [0.15, 0.2) is 0 Å². The van der Waals surface area contributed by atoms with E-state index in [9.17, 15) is 0 Å². The maximum absolute atomic E-state index is 2.61. The summed E-state index contributed by atoms with van der Waals surface area (Å²) in [5.74, 6) is 0. The van der Waals surface area contributed by atoms with Gasteiger partial charge in [-0.1, -0.05) is 40.5 Å². The van der Waals surface area contributed by atoms with Crippen LogP contribution in [0.25, 0.3) is 0 Å². The van der Waals surface area contributed by atoms with Crippen LogP contribution >= 0.6 is 0 Å². The molecule has 0 aromatic carbocycles. The van der Waals surface area contributed by atoms with Crippen LogP contribution in [0.1, 0.15) is 53.4 Å². The summed E-state index contributed by atoms with van der Waals surface area (Å²) in [6, 6.07) is 0.916. The Morgan fingerprint density at radius 2 is 1.50 bits per heavy atom. The zero-order valence-corrected chi connectivity index (χ0v) is 7.97. The van der Waals surface area contributed by atoms with Crippen molar-refractivity contribution in [2.45, 2.75) is 59.4 Å². The van der Waals surface area contributed by atoms with Crippen molar-refractivity contribution in [3.63, 3.8) is 0 Å². The van der Waals surface area contributed by atoms with Crippen LogP contribution in [0.4, 0.5) is 0 Å². The van der Waals surface area contributed by atoms with Crippen LogP contribution in [-0.2, 0) is 0 Å². The normalized spacial score (nSPS) is 19.2. The summed E-state index contributed by atoms with van der Waals surface area (Å²) in [6.07, 6.45) is 7.28. The van der Waals surface area contributed by atoms with Gasteiger partial charge in [-0.2, -0.15) is 0 Å². The lowest BCUT2D eigenvalue weighted by atomic mass is 9.94. The highest BCUT2D eigenvalue weighted by molar-refractivity contribution is 4.73. The molecule has 74 valence electrons. The molecule has 0 bridgehead atoms. The van der Waals surface area contributed by atoms with E-state index in [0.29, 0.717) is 0 Å². The van der Waals surface area contributed by atoms with E-state index in [1.165, 1.54) is 45.2 Å². The van der Waals surface area contributed by atoms with Crippen molar-refractivity contribution in [1.82, 2.24) is 4.90 Å². The summed E-state index contributed by atoms with van der Waals surface area (Å²) >= 11 is 0. The molecular formula is C11H25N. The monoisotopic (exact) mass is 171 g/mol. The molecule has 1 rings (SSSR count). The largest absolute Gasteiger partial charge is 0.301 e. The molecule has 0 radical (unpaired) electrons. The molecule has 1 nitrogen and oxygen atoms in total. The predicted octanol–water partition coefficient (Wildman–Crippen LogP) is 3.30. The highest BCUT2D eigenvalue weighted by Gasteiger charge is 2.17. The molecule has 0 unspecified atom stereocenters. The van der Waals surface area contributed by atoms with Crippen molar-refractivity contribution in [1.29, 1.82) is 0 Å². The summed E-state index contributed by atoms with van der Waals surface area (Å²) in [7, 11) is 0. The molecule has 0 N–H and O–H groups in total. The van der Waals surface area contributed by atoms with Gasteiger partial charge in [-0.05, 0) is 25.9 Å². The molecule has 0 spiro atoms. The second-order valence-electron chi connectivity index (χ2n) is 3.51. The summed E-state index contributed by atoms with van der Waals surface area (Å²) in [5.41, 5.74) is 0. The third kappa shape index (κ3) is 3.14. The van der Waals surface area contributed by atoms with Gasteiger partial charge in [0, 0.05) is 6.04 Å². The minimum atomic E-state index is 0. The highest BCUT2D eigenvalue weighted by atomic mass is 15.1. The first-order valence-corrected chi connectivity index (χ1v) is 5.12. The van der Waals surface area contributed by atoms with Gasteiger partial charge in [0.2, 0.25) is 0 Å². The molecule has 1 fully saturated rings. The summed E-state index contributed by atoms with van der Waals surface area (Å²) in [4.78, 5) is 2.61. The van der Waals surface area contributed by atoms with E-state index in [-0.39, 0.29) is 7.43 Å². The van der Waals surface area contributed by atoms with Gasteiger partial charge < -0.3 is 4.90 Å². The molecule has 0 aromatic rings. The molecule has 1 aliphatic rings. The van der Waals surface area contributed by atoms with E-state index in [4.69, 9.17) is 0 Å². The lowest BCUT2D eigenvalue weighted by molar-refractivity contribution is 0.172. The molecule has 0 saturated heterocycles. The Balaban J connectivity index is 0.00000121. The van der Waals surface area contributed by atoms with Crippen molar-refractivity contribution in [3.8, 4) is 0 Å². The molecule has 1 aliphatic carbocycles. The van der Waals surface area contributed by atoms with Crippen LogP contribution in [0.5, 0.6) is 0 Å². The number of nitrogens with zero attached hydrogens (tertiary/aromatic N) is 1. The first-order chi connectivity index (χ1) is 5.38. The second kappa shape index (κ2) is 6.47. The predicted molar refractivity (Wildman–Crippen MR) is 56.5 cm³/mol. The molecule has 1 heteroatoms. The Morgan fingerprint density at radius 3 is 1.92 bits per heavy atom. The minimum absolute atomic E-state index is 0. The van der Waals surface area contributed by atoms with Crippen molar-refractivity contribution in [2.75, 3.05) is 13.1 Å². The smallest absolute Gasteiger partial charge is 0.00950 e. The maximum atomic E-state index is 2.61. The van der Waals surface area contributed by atoms with Gasteiger partial charge in [0.1, 0.15) is 0 Å². The molecule has 0 atom stereocenters. The van der Waals surface area contributed by atoms with Gasteiger partial charge in [0.05, 0.1) is 0 Å². The quantitative estimate of drug-likeness (QED) is 0.630. The Bertz CT molecular complexity index is 91.2. The van der Waals surface area contributed by atoms with Crippen LogP contribution in [0, 0.1) is 0 Å². The van der Waals surface area contributed by atoms with Crippen LogP contribution in [0.2, 0.25) is 0 Å². The van der Waals surface area contributed by atoms with E-state index in [0.717, 1.165) is 6.04 Å². The Hall–Kier alpha value is -0.0400. The highest BCUT2D eigenvalue weighted by Crippen LogP contribution is 2.21. The Morgan fingerprint density at radius 1 is 1.00 bits per heavy atom. The maximum Gasteiger partial charge on any atom is 0.00950 e. The van der Waals surface area contributed by atoms with Gasteiger partial charge in [-0.25, -0.2) is 0 Å². The molecular weight excluding hydrogens is 146 g/mol. The molecule has 0 aliphatic heterocycles. The third-order valence-electron chi connectivity index (χ3n) is 2.90. The zero-order valence-electron chi connectivity index (χ0n) is 7.97. The SMILES string of the molecule is C.CCN(CC)C1CCCCC1. The Kier molecular flexibility index (Phi) is 6.45. The number of hydrogen-bond donors (Lipinski definition) is 0. The zero-order chi connectivity index (χ0) is 8.10. The molecule has 0 aromatic heterocycles. The first-order valence-electron chi connectivity index (χ1n) is 5.12. The topological polar surface area (TPSA) is 3.24 Å². The van der Waals surface area contributed by atoms with Gasteiger partial charge in [0.25, 0.3) is 0 Å². The molecule has 0 heterocycles. The van der Waals surface area contributed by atoms with Crippen LogP contribution in [-0.4, -0.2) is 24.0 Å². The van der Waals surface area contributed by atoms with E-state index in [2.05, 4.69) is 18.7 Å².